The molecule has 0 saturated heterocycles. The second-order valence-electron chi connectivity index (χ2n) is 3.83. The van der Waals surface area contributed by atoms with E-state index in [0.717, 1.165) is 5.56 Å². The van der Waals surface area contributed by atoms with Gasteiger partial charge in [0.2, 0.25) is 0 Å². The monoisotopic (exact) mass is 266 g/mol. The number of aryl methyl sites for hydroxylation is 1. The Morgan fingerprint density at radius 1 is 1.33 bits per heavy atom. The van der Waals surface area contributed by atoms with Crippen LogP contribution in [0.1, 0.15) is 5.56 Å². The second kappa shape index (κ2) is 5.64. The molecule has 18 heavy (non-hydrogen) atoms. The van der Waals surface area contributed by atoms with Crippen molar-refractivity contribution in [1.82, 2.24) is 0 Å². The molecule has 1 N–H and O–H groups in total. The number of carbonyl (C=O) groups is 1. The summed E-state index contributed by atoms with van der Waals surface area (Å²) in [5.41, 5.74) is 0.831. The average Bonchev–Trinajstić information content (AvgIpc) is 2.29. The summed E-state index contributed by atoms with van der Waals surface area (Å²) >= 11 is 0. The highest BCUT2D eigenvalue weighted by molar-refractivity contribution is 7.91. The van der Waals surface area contributed by atoms with Gasteiger partial charge in [-0.2, -0.15) is 0 Å². The Bertz CT molecular complexity index is 580. The highest BCUT2D eigenvalue weighted by Crippen LogP contribution is 2.12. The van der Waals surface area contributed by atoms with Gasteiger partial charge in [0.05, 0.1) is 16.2 Å². The van der Waals surface area contributed by atoms with Gasteiger partial charge in [-0.1, -0.05) is 36.4 Å². The summed E-state index contributed by atoms with van der Waals surface area (Å²) in [6.45, 7) is 5.15. The first-order valence-electron chi connectivity index (χ1n) is 5.21. The lowest BCUT2D eigenvalue weighted by atomic mass is 10.2. The quantitative estimate of drug-likeness (QED) is 0.653. The molecule has 0 aromatic heterocycles. The van der Waals surface area contributed by atoms with Crippen LogP contribution in [0.2, 0.25) is 0 Å². The fraction of sp³-hybridized carbons (Fsp3) is 0.154. The highest BCUT2D eigenvalue weighted by Gasteiger charge is 2.11. The molecule has 1 aromatic rings. The zero-order valence-corrected chi connectivity index (χ0v) is 10.8. The first kappa shape index (κ1) is 14.2. The summed E-state index contributed by atoms with van der Waals surface area (Å²) in [7, 11) is -3.42. The van der Waals surface area contributed by atoms with E-state index >= 15 is 0 Å². The van der Waals surface area contributed by atoms with Crippen molar-refractivity contribution < 1.29 is 18.3 Å². The summed E-state index contributed by atoms with van der Waals surface area (Å²) < 4.78 is 23.7. The molecule has 96 valence electrons. The predicted octanol–water partition coefficient (Wildman–Crippen LogP) is 1.97. The molecule has 0 atom stereocenters. The van der Waals surface area contributed by atoms with Gasteiger partial charge in [-0.05, 0) is 19.1 Å². The molecule has 0 aliphatic rings. The van der Waals surface area contributed by atoms with Gasteiger partial charge in [-0.25, -0.2) is 13.2 Å². The maximum absolute atomic E-state index is 11.9. The second-order valence-corrected chi connectivity index (χ2v) is 5.86. The van der Waals surface area contributed by atoms with Crippen molar-refractivity contribution in [2.75, 3.05) is 5.75 Å². The Kier molecular flexibility index (Phi) is 4.44. The van der Waals surface area contributed by atoms with Crippen LogP contribution in [-0.2, 0) is 14.6 Å². The van der Waals surface area contributed by atoms with Crippen LogP contribution < -0.4 is 0 Å². The van der Waals surface area contributed by atoms with Crippen LogP contribution in [0.3, 0.4) is 0 Å². The first-order chi connectivity index (χ1) is 8.33. The number of rotatable bonds is 5. The molecular formula is C13H14O4S. The maximum atomic E-state index is 11.9. The fourth-order valence-electron chi connectivity index (χ4n) is 1.23. The van der Waals surface area contributed by atoms with E-state index in [9.17, 15) is 13.2 Å². The number of hydrogen-bond acceptors (Lipinski definition) is 3. The molecule has 1 aromatic carbocycles. The molecule has 0 fully saturated rings. The van der Waals surface area contributed by atoms with E-state index in [1.165, 1.54) is 24.3 Å². The van der Waals surface area contributed by atoms with Gasteiger partial charge < -0.3 is 5.11 Å². The number of carboxylic acid groups (broad SMARTS) is 1. The Morgan fingerprint density at radius 3 is 2.39 bits per heavy atom. The lowest BCUT2D eigenvalue weighted by molar-refractivity contribution is -0.132. The van der Waals surface area contributed by atoms with Gasteiger partial charge in [-0.15, -0.1) is 0 Å². The molecule has 0 bridgehead atoms. The number of aliphatic carboxylic acids is 1. The van der Waals surface area contributed by atoms with Crippen LogP contribution in [0.25, 0.3) is 0 Å². The Balaban J connectivity index is 2.80. The molecular weight excluding hydrogens is 252 g/mol. The Labute approximate surface area is 106 Å². The molecule has 0 aliphatic heterocycles. The zero-order chi connectivity index (χ0) is 13.8. The zero-order valence-electron chi connectivity index (χ0n) is 9.96. The molecule has 0 saturated carbocycles. The van der Waals surface area contributed by atoms with Crippen molar-refractivity contribution in [3.05, 3.63) is 54.1 Å². The minimum atomic E-state index is -3.42. The van der Waals surface area contributed by atoms with Crippen molar-refractivity contribution in [2.45, 2.75) is 11.8 Å². The number of hydrogen-bond donors (Lipinski definition) is 1. The predicted molar refractivity (Wildman–Crippen MR) is 69.1 cm³/mol. The molecule has 0 aliphatic carbocycles. The van der Waals surface area contributed by atoms with Crippen LogP contribution in [0.4, 0.5) is 0 Å². The summed E-state index contributed by atoms with van der Waals surface area (Å²) in [6.07, 6.45) is 2.47. The Hall–Kier alpha value is -1.88. The third-order valence-electron chi connectivity index (χ3n) is 2.29. The van der Waals surface area contributed by atoms with Crippen LogP contribution in [0.15, 0.2) is 53.5 Å². The summed E-state index contributed by atoms with van der Waals surface area (Å²) in [6, 6.07) is 6.49. The minimum Gasteiger partial charge on any atom is -0.478 e. The van der Waals surface area contributed by atoms with Crippen molar-refractivity contribution in [2.24, 2.45) is 0 Å². The fourth-order valence-corrected chi connectivity index (χ4v) is 2.32. The summed E-state index contributed by atoms with van der Waals surface area (Å²) in [5.74, 6) is -1.42. The number of benzene rings is 1. The Morgan fingerprint density at radius 2 is 1.89 bits per heavy atom. The van der Waals surface area contributed by atoms with Crippen molar-refractivity contribution in [3.8, 4) is 0 Å². The van der Waals surface area contributed by atoms with Gasteiger partial charge in [0, 0.05) is 0 Å². The van der Waals surface area contributed by atoms with Crippen molar-refractivity contribution in [1.29, 1.82) is 0 Å². The molecule has 0 radical (unpaired) electrons. The average molecular weight is 266 g/mol. The molecule has 0 spiro atoms. The number of sulfone groups is 1. The van der Waals surface area contributed by atoms with Gasteiger partial charge in [0.15, 0.2) is 9.84 Å². The van der Waals surface area contributed by atoms with Gasteiger partial charge >= 0.3 is 5.97 Å². The normalized spacial score (nSPS) is 11.6. The molecule has 0 unspecified atom stereocenters. The van der Waals surface area contributed by atoms with Gasteiger partial charge in [-0.3, -0.25) is 0 Å². The lowest BCUT2D eigenvalue weighted by Gasteiger charge is -2.01. The molecule has 0 heterocycles. The molecule has 1 rings (SSSR count). The van der Waals surface area contributed by atoms with Crippen LogP contribution in [0, 0.1) is 6.92 Å². The van der Waals surface area contributed by atoms with Crippen LogP contribution >= 0.6 is 0 Å². The van der Waals surface area contributed by atoms with E-state index in [1.807, 2.05) is 6.92 Å². The third kappa shape index (κ3) is 3.85. The SMILES string of the molecule is C=C(C=CCS(=O)(=O)c1ccc(C)cc1)C(=O)O. The summed E-state index contributed by atoms with van der Waals surface area (Å²) in [5, 5.41) is 8.56. The van der Waals surface area contributed by atoms with E-state index in [0.29, 0.717) is 0 Å². The first-order valence-corrected chi connectivity index (χ1v) is 6.86. The molecule has 0 amide bonds. The van der Waals surface area contributed by atoms with E-state index in [1.54, 1.807) is 12.1 Å². The van der Waals surface area contributed by atoms with E-state index in [-0.39, 0.29) is 16.2 Å². The van der Waals surface area contributed by atoms with Gasteiger partial charge in [0.1, 0.15) is 0 Å². The van der Waals surface area contributed by atoms with Gasteiger partial charge in [0.25, 0.3) is 0 Å². The minimum absolute atomic E-state index is 0.144. The van der Waals surface area contributed by atoms with E-state index < -0.39 is 15.8 Å². The smallest absolute Gasteiger partial charge is 0.335 e. The molecule has 4 nitrogen and oxygen atoms in total. The van der Waals surface area contributed by atoms with Crippen molar-refractivity contribution >= 4 is 15.8 Å². The third-order valence-corrected chi connectivity index (χ3v) is 3.91. The van der Waals surface area contributed by atoms with E-state index in [4.69, 9.17) is 5.11 Å². The lowest BCUT2D eigenvalue weighted by Crippen LogP contribution is -2.05. The summed E-state index contributed by atoms with van der Waals surface area (Å²) in [4.78, 5) is 10.7. The van der Waals surface area contributed by atoms with E-state index in [2.05, 4.69) is 6.58 Å². The molecule has 5 heteroatoms. The topological polar surface area (TPSA) is 71.4 Å². The van der Waals surface area contributed by atoms with Crippen LogP contribution in [-0.4, -0.2) is 25.2 Å². The highest BCUT2D eigenvalue weighted by atomic mass is 32.2. The standard InChI is InChI=1S/C13H14O4S/c1-10-5-7-12(8-6-10)18(16,17)9-3-4-11(2)13(14)15/h3-8H,2,9H2,1H3,(H,14,15). The largest absolute Gasteiger partial charge is 0.478 e. The maximum Gasteiger partial charge on any atom is 0.335 e. The number of carboxylic acids is 1. The van der Waals surface area contributed by atoms with Crippen LogP contribution in [0.5, 0.6) is 0 Å². The van der Waals surface area contributed by atoms with Crippen molar-refractivity contribution in [3.63, 3.8) is 0 Å².